The first-order valence-corrected chi connectivity index (χ1v) is 5.99. The van der Waals surface area contributed by atoms with Crippen molar-refractivity contribution >= 4 is 0 Å². The van der Waals surface area contributed by atoms with Crippen LogP contribution in [0, 0.1) is 17.7 Å². The van der Waals surface area contributed by atoms with Crippen LogP contribution in [0.4, 0.5) is 4.39 Å². The predicted molar refractivity (Wildman–Crippen MR) is 66.8 cm³/mol. The predicted octanol–water partition coefficient (Wildman–Crippen LogP) is 1.73. The molecule has 1 aromatic rings. The Balaban J connectivity index is 2.19. The summed E-state index contributed by atoms with van der Waals surface area (Å²) in [6.07, 6.45) is 2.51. The van der Waals surface area contributed by atoms with Crippen LogP contribution in [0.15, 0.2) is 18.2 Å². The van der Waals surface area contributed by atoms with Gasteiger partial charge in [-0.2, -0.15) is 0 Å². The molecule has 2 N–H and O–H groups in total. The quantitative estimate of drug-likeness (QED) is 0.787. The van der Waals surface area contributed by atoms with Crippen LogP contribution >= 0.6 is 0 Å². The summed E-state index contributed by atoms with van der Waals surface area (Å²) in [5, 5.41) is 0. The zero-order chi connectivity index (χ0) is 12.1. The Morgan fingerprint density at radius 2 is 2.06 bits per heavy atom. The van der Waals surface area contributed by atoms with Crippen LogP contribution in [0.2, 0.25) is 0 Å². The van der Waals surface area contributed by atoms with Crippen molar-refractivity contribution in [3.63, 3.8) is 0 Å². The Labute approximate surface area is 102 Å². The molecule has 3 heteroatoms. The third-order valence-electron chi connectivity index (χ3n) is 2.99. The highest BCUT2D eigenvalue weighted by atomic mass is 19.1. The molecule has 1 aliphatic rings. The van der Waals surface area contributed by atoms with E-state index in [2.05, 4.69) is 16.7 Å². The molecule has 2 nitrogen and oxygen atoms in total. The first-order chi connectivity index (χ1) is 8.29. The Kier molecular flexibility index (Phi) is 4.13. The molecule has 0 spiro atoms. The van der Waals surface area contributed by atoms with Gasteiger partial charge >= 0.3 is 0 Å². The zero-order valence-electron chi connectivity index (χ0n) is 9.88. The van der Waals surface area contributed by atoms with Gasteiger partial charge in [-0.3, -0.25) is 4.90 Å². The minimum atomic E-state index is -0.239. The van der Waals surface area contributed by atoms with Crippen molar-refractivity contribution in [3.05, 3.63) is 35.1 Å². The van der Waals surface area contributed by atoms with Gasteiger partial charge < -0.3 is 5.73 Å². The summed E-state index contributed by atoms with van der Waals surface area (Å²) in [5.41, 5.74) is 7.21. The Morgan fingerprint density at radius 3 is 2.76 bits per heavy atom. The topological polar surface area (TPSA) is 29.3 Å². The van der Waals surface area contributed by atoms with Gasteiger partial charge in [0.1, 0.15) is 5.82 Å². The molecule has 0 aliphatic carbocycles. The number of benzene rings is 1. The van der Waals surface area contributed by atoms with Crippen LogP contribution in [0.3, 0.4) is 0 Å². The van der Waals surface area contributed by atoms with E-state index >= 15 is 0 Å². The average Bonchev–Trinajstić information content (AvgIpc) is 2.82. The van der Waals surface area contributed by atoms with Gasteiger partial charge in [0.25, 0.3) is 0 Å². The Morgan fingerprint density at radius 1 is 1.29 bits per heavy atom. The molecule has 90 valence electrons. The molecule has 0 radical (unpaired) electrons. The second-order valence-corrected chi connectivity index (χ2v) is 4.29. The fourth-order valence-electron chi connectivity index (χ4n) is 2.13. The van der Waals surface area contributed by atoms with Crippen LogP contribution in [0.5, 0.6) is 0 Å². The number of likely N-dealkylation sites (tertiary alicyclic amines) is 1. The smallest absolute Gasteiger partial charge is 0.124 e. The second kappa shape index (κ2) is 5.81. The maximum Gasteiger partial charge on any atom is 0.124 e. The standard InChI is InChI=1S/C14H17FN2/c15-14-6-5-13(11-17-8-1-2-9-17)12(10-14)4-3-7-16/h5-6,10H,1-2,7-9,11,16H2. The van der Waals surface area contributed by atoms with Crippen LogP contribution in [-0.2, 0) is 6.54 Å². The molecule has 0 aromatic heterocycles. The molecule has 1 saturated heterocycles. The molecular weight excluding hydrogens is 215 g/mol. The number of rotatable bonds is 2. The van der Waals surface area contributed by atoms with E-state index in [0.717, 1.165) is 30.8 Å². The van der Waals surface area contributed by atoms with Crippen LogP contribution < -0.4 is 5.73 Å². The minimum Gasteiger partial charge on any atom is -0.320 e. The molecule has 0 amide bonds. The highest BCUT2D eigenvalue weighted by Crippen LogP contribution is 2.16. The van der Waals surface area contributed by atoms with Crippen LogP contribution in [0.1, 0.15) is 24.0 Å². The van der Waals surface area contributed by atoms with Gasteiger partial charge in [-0.1, -0.05) is 17.9 Å². The van der Waals surface area contributed by atoms with Crippen molar-refractivity contribution in [2.45, 2.75) is 19.4 Å². The van der Waals surface area contributed by atoms with Crippen molar-refractivity contribution < 1.29 is 4.39 Å². The summed E-state index contributed by atoms with van der Waals surface area (Å²) in [6.45, 7) is 3.41. The first-order valence-electron chi connectivity index (χ1n) is 5.99. The summed E-state index contributed by atoms with van der Waals surface area (Å²) in [7, 11) is 0. The Bertz CT molecular complexity index is 439. The van der Waals surface area contributed by atoms with Crippen molar-refractivity contribution in [2.24, 2.45) is 5.73 Å². The van der Waals surface area contributed by atoms with Gasteiger partial charge in [0, 0.05) is 12.1 Å². The molecule has 1 fully saturated rings. The molecule has 1 heterocycles. The molecule has 0 bridgehead atoms. The lowest BCUT2D eigenvalue weighted by Gasteiger charge is -2.15. The van der Waals surface area contributed by atoms with E-state index in [1.807, 2.05) is 6.07 Å². The minimum absolute atomic E-state index is 0.239. The van der Waals surface area contributed by atoms with Crippen LogP contribution in [-0.4, -0.2) is 24.5 Å². The van der Waals surface area contributed by atoms with Gasteiger partial charge in [-0.15, -0.1) is 0 Å². The van der Waals surface area contributed by atoms with Crippen molar-refractivity contribution in [2.75, 3.05) is 19.6 Å². The summed E-state index contributed by atoms with van der Waals surface area (Å²) in [6, 6.07) is 4.82. The second-order valence-electron chi connectivity index (χ2n) is 4.29. The number of halogens is 1. The molecule has 0 atom stereocenters. The van der Waals surface area contributed by atoms with Gasteiger partial charge in [-0.05, 0) is 43.6 Å². The van der Waals surface area contributed by atoms with E-state index in [1.165, 1.54) is 25.0 Å². The highest BCUT2D eigenvalue weighted by Gasteiger charge is 2.13. The van der Waals surface area contributed by atoms with Gasteiger partial charge in [0.05, 0.1) is 6.54 Å². The normalized spacial score (nSPS) is 15.6. The number of hydrogen-bond donors (Lipinski definition) is 1. The molecule has 17 heavy (non-hydrogen) atoms. The number of nitrogens with two attached hydrogens (primary N) is 1. The molecule has 2 rings (SSSR count). The third kappa shape index (κ3) is 3.29. The maximum absolute atomic E-state index is 13.2. The SMILES string of the molecule is NCC#Cc1cc(F)ccc1CN1CCCC1. The largest absolute Gasteiger partial charge is 0.320 e. The van der Waals surface area contributed by atoms with E-state index in [-0.39, 0.29) is 5.82 Å². The van der Waals surface area contributed by atoms with Crippen LogP contribution in [0.25, 0.3) is 0 Å². The zero-order valence-corrected chi connectivity index (χ0v) is 9.88. The molecule has 1 aromatic carbocycles. The maximum atomic E-state index is 13.2. The molecule has 1 aliphatic heterocycles. The molecular formula is C14H17FN2. The summed E-state index contributed by atoms with van der Waals surface area (Å²) in [4.78, 5) is 2.38. The van der Waals surface area contributed by atoms with Crippen molar-refractivity contribution in [3.8, 4) is 11.8 Å². The summed E-state index contributed by atoms with van der Waals surface area (Å²) >= 11 is 0. The average molecular weight is 232 g/mol. The summed E-state index contributed by atoms with van der Waals surface area (Å²) in [5.74, 6) is 5.50. The molecule has 0 unspecified atom stereocenters. The van der Waals surface area contributed by atoms with E-state index < -0.39 is 0 Å². The highest BCUT2D eigenvalue weighted by molar-refractivity contribution is 5.41. The lowest BCUT2D eigenvalue weighted by atomic mass is 10.1. The van der Waals surface area contributed by atoms with E-state index in [9.17, 15) is 4.39 Å². The number of hydrogen-bond acceptors (Lipinski definition) is 2. The molecule has 0 saturated carbocycles. The van der Waals surface area contributed by atoms with Gasteiger partial charge in [0.15, 0.2) is 0 Å². The van der Waals surface area contributed by atoms with Gasteiger partial charge in [-0.25, -0.2) is 4.39 Å². The lowest BCUT2D eigenvalue weighted by molar-refractivity contribution is 0.331. The third-order valence-corrected chi connectivity index (χ3v) is 2.99. The van der Waals surface area contributed by atoms with E-state index in [1.54, 1.807) is 0 Å². The Hall–Kier alpha value is -1.37. The monoisotopic (exact) mass is 232 g/mol. The van der Waals surface area contributed by atoms with E-state index in [0.29, 0.717) is 6.54 Å². The first kappa shape index (κ1) is 12.1. The fourth-order valence-corrected chi connectivity index (χ4v) is 2.13. The summed E-state index contributed by atoms with van der Waals surface area (Å²) < 4.78 is 13.2. The van der Waals surface area contributed by atoms with Crippen molar-refractivity contribution in [1.29, 1.82) is 0 Å². The van der Waals surface area contributed by atoms with Crippen molar-refractivity contribution in [1.82, 2.24) is 4.90 Å². The van der Waals surface area contributed by atoms with Gasteiger partial charge in [0.2, 0.25) is 0 Å². The van der Waals surface area contributed by atoms with E-state index in [4.69, 9.17) is 5.73 Å². The number of nitrogens with zero attached hydrogens (tertiary/aromatic N) is 1. The lowest BCUT2D eigenvalue weighted by Crippen LogP contribution is -2.19. The fraction of sp³-hybridized carbons (Fsp3) is 0.429.